The second-order valence-electron chi connectivity index (χ2n) is 5.56. The van der Waals surface area contributed by atoms with Crippen molar-refractivity contribution in [1.29, 1.82) is 0 Å². The molecule has 0 bridgehead atoms. The fourth-order valence-corrected chi connectivity index (χ4v) is 3.67. The largest absolute Gasteiger partial charge is 0.365 e. The summed E-state index contributed by atoms with van der Waals surface area (Å²) in [5, 5.41) is 4.15. The maximum atomic E-state index is 11.9. The number of thiazole rings is 1. The number of hydrogen-bond donors (Lipinski definition) is 2. The standard InChI is InChI=1S/C17H16ClN5OS/c1-8-5-4-6-11(18)13(8)14-15(16(19)24)25-17(23-14)22-12-7-9(2)20-10(3)21-12/h4-7H,1-3H3,(H2,19,24)(H,20,21,22,23). The van der Waals surface area contributed by atoms with Gasteiger partial charge in [-0.1, -0.05) is 35.1 Å². The van der Waals surface area contributed by atoms with Gasteiger partial charge in [0.15, 0.2) is 5.13 Å². The number of aromatic nitrogens is 3. The summed E-state index contributed by atoms with van der Waals surface area (Å²) in [7, 11) is 0. The lowest BCUT2D eigenvalue weighted by atomic mass is 10.0. The number of nitrogens with two attached hydrogens (primary N) is 1. The van der Waals surface area contributed by atoms with Crippen molar-refractivity contribution in [3.8, 4) is 11.3 Å². The van der Waals surface area contributed by atoms with E-state index in [1.165, 1.54) is 11.3 Å². The molecule has 0 fully saturated rings. The Hall–Kier alpha value is -2.51. The van der Waals surface area contributed by atoms with E-state index < -0.39 is 5.91 Å². The van der Waals surface area contributed by atoms with E-state index in [-0.39, 0.29) is 0 Å². The summed E-state index contributed by atoms with van der Waals surface area (Å²) in [5.74, 6) is 0.712. The molecule has 25 heavy (non-hydrogen) atoms. The van der Waals surface area contributed by atoms with Crippen LogP contribution in [0.5, 0.6) is 0 Å². The summed E-state index contributed by atoms with van der Waals surface area (Å²) in [6.07, 6.45) is 0. The van der Waals surface area contributed by atoms with Crippen LogP contribution in [0.1, 0.15) is 26.8 Å². The predicted molar refractivity (Wildman–Crippen MR) is 101 cm³/mol. The number of nitrogens with zero attached hydrogens (tertiary/aromatic N) is 3. The molecule has 0 saturated carbocycles. The van der Waals surface area contributed by atoms with Gasteiger partial charge in [0.25, 0.3) is 5.91 Å². The lowest BCUT2D eigenvalue weighted by molar-refractivity contribution is 0.100. The first-order chi connectivity index (χ1) is 11.8. The molecule has 8 heteroatoms. The van der Waals surface area contributed by atoms with Crippen LogP contribution in [-0.4, -0.2) is 20.9 Å². The van der Waals surface area contributed by atoms with Crippen molar-refractivity contribution in [2.24, 2.45) is 5.73 Å². The SMILES string of the molecule is Cc1cc(Nc2nc(-c3c(C)cccc3Cl)c(C(N)=O)s2)nc(C)n1. The fraction of sp³-hybridized carbons (Fsp3) is 0.176. The van der Waals surface area contributed by atoms with Gasteiger partial charge in [0.1, 0.15) is 16.5 Å². The third kappa shape index (κ3) is 3.62. The van der Waals surface area contributed by atoms with Crippen molar-refractivity contribution >= 4 is 39.8 Å². The van der Waals surface area contributed by atoms with Crippen LogP contribution in [0.3, 0.4) is 0 Å². The number of nitrogens with one attached hydrogen (secondary N) is 1. The zero-order chi connectivity index (χ0) is 18.1. The Morgan fingerprint density at radius 1 is 1.20 bits per heavy atom. The molecule has 2 heterocycles. The van der Waals surface area contributed by atoms with Gasteiger partial charge in [0.2, 0.25) is 0 Å². The second-order valence-corrected chi connectivity index (χ2v) is 6.97. The topological polar surface area (TPSA) is 93.8 Å². The molecule has 0 spiro atoms. The number of halogens is 1. The van der Waals surface area contributed by atoms with Gasteiger partial charge < -0.3 is 11.1 Å². The lowest BCUT2D eigenvalue weighted by Gasteiger charge is -2.06. The van der Waals surface area contributed by atoms with Crippen molar-refractivity contribution in [3.05, 3.63) is 51.2 Å². The fourth-order valence-electron chi connectivity index (χ4n) is 2.53. The minimum absolute atomic E-state index is 0.348. The summed E-state index contributed by atoms with van der Waals surface area (Å²) in [6.45, 7) is 5.61. The number of hydrogen-bond acceptors (Lipinski definition) is 6. The van der Waals surface area contributed by atoms with E-state index >= 15 is 0 Å². The first-order valence-electron chi connectivity index (χ1n) is 7.50. The number of amides is 1. The van der Waals surface area contributed by atoms with Crippen molar-refractivity contribution in [2.75, 3.05) is 5.32 Å². The Morgan fingerprint density at radius 3 is 2.60 bits per heavy atom. The van der Waals surface area contributed by atoms with E-state index in [1.54, 1.807) is 12.1 Å². The summed E-state index contributed by atoms with van der Waals surface area (Å²) < 4.78 is 0. The molecular weight excluding hydrogens is 358 g/mol. The zero-order valence-electron chi connectivity index (χ0n) is 13.9. The third-order valence-corrected chi connectivity index (χ3v) is 4.81. The molecule has 128 valence electrons. The zero-order valence-corrected chi connectivity index (χ0v) is 15.5. The number of rotatable bonds is 4. The van der Waals surface area contributed by atoms with Crippen LogP contribution < -0.4 is 11.1 Å². The molecule has 0 radical (unpaired) electrons. The van der Waals surface area contributed by atoms with Crippen LogP contribution in [0.4, 0.5) is 10.9 Å². The molecule has 0 aliphatic carbocycles. The first kappa shape index (κ1) is 17.3. The molecular formula is C17H16ClN5OS. The highest BCUT2D eigenvalue weighted by atomic mass is 35.5. The molecule has 3 N–H and O–H groups in total. The van der Waals surface area contributed by atoms with Crippen LogP contribution in [0.25, 0.3) is 11.3 Å². The maximum absolute atomic E-state index is 11.9. The summed E-state index contributed by atoms with van der Waals surface area (Å²) in [6, 6.07) is 7.33. The molecule has 3 rings (SSSR count). The molecule has 0 atom stereocenters. The van der Waals surface area contributed by atoms with E-state index in [2.05, 4.69) is 20.3 Å². The number of carbonyl (C=O) groups is 1. The molecule has 0 aliphatic heterocycles. The van der Waals surface area contributed by atoms with E-state index in [4.69, 9.17) is 17.3 Å². The number of carbonyl (C=O) groups excluding carboxylic acids is 1. The van der Waals surface area contributed by atoms with Gasteiger partial charge in [-0.3, -0.25) is 4.79 Å². The van der Waals surface area contributed by atoms with E-state index in [1.807, 2.05) is 32.9 Å². The van der Waals surface area contributed by atoms with Crippen LogP contribution in [0.2, 0.25) is 5.02 Å². The maximum Gasteiger partial charge on any atom is 0.261 e. The van der Waals surface area contributed by atoms with Crippen molar-refractivity contribution < 1.29 is 4.79 Å². The highest BCUT2D eigenvalue weighted by Gasteiger charge is 2.21. The average molecular weight is 374 g/mol. The molecule has 1 amide bonds. The minimum atomic E-state index is -0.546. The van der Waals surface area contributed by atoms with Crippen molar-refractivity contribution in [1.82, 2.24) is 15.0 Å². The summed E-state index contributed by atoms with van der Waals surface area (Å²) >= 11 is 7.49. The molecule has 0 aliphatic rings. The van der Waals surface area contributed by atoms with Gasteiger partial charge in [-0.15, -0.1) is 0 Å². The van der Waals surface area contributed by atoms with E-state index in [0.717, 1.165) is 11.3 Å². The highest BCUT2D eigenvalue weighted by molar-refractivity contribution is 7.18. The Morgan fingerprint density at radius 2 is 1.96 bits per heavy atom. The minimum Gasteiger partial charge on any atom is -0.365 e. The molecule has 1 aromatic carbocycles. The Labute approximate surface area is 154 Å². The Balaban J connectivity index is 2.08. The smallest absolute Gasteiger partial charge is 0.261 e. The molecule has 0 saturated heterocycles. The lowest BCUT2D eigenvalue weighted by Crippen LogP contribution is -2.10. The van der Waals surface area contributed by atoms with Crippen LogP contribution in [-0.2, 0) is 0 Å². The normalized spacial score (nSPS) is 10.7. The van der Waals surface area contributed by atoms with Gasteiger partial charge in [-0.2, -0.15) is 0 Å². The quantitative estimate of drug-likeness (QED) is 0.720. The van der Waals surface area contributed by atoms with Gasteiger partial charge in [-0.25, -0.2) is 15.0 Å². The molecule has 0 unspecified atom stereocenters. The van der Waals surface area contributed by atoms with Gasteiger partial charge in [0, 0.05) is 17.3 Å². The van der Waals surface area contributed by atoms with Crippen molar-refractivity contribution in [2.45, 2.75) is 20.8 Å². The number of primary amides is 1. The summed E-state index contributed by atoms with van der Waals surface area (Å²) in [5.41, 5.74) is 8.48. The first-order valence-corrected chi connectivity index (χ1v) is 8.70. The Bertz CT molecular complexity index is 929. The highest BCUT2D eigenvalue weighted by Crippen LogP contribution is 2.37. The van der Waals surface area contributed by atoms with Crippen LogP contribution in [0, 0.1) is 20.8 Å². The van der Waals surface area contributed by atoms with E-state index in [9.17, 15) is 4.79 Å². The molecule has 3 aromatic rings. The second kappa shape index (κ2) is 6.78. The monoisotopic (exact) mass is 373 g/mol. The molecule has 6 nitrogen and oxygen atoms in total. The predicted octanol–water partition coefficient (Wildman–Crippen LogP) is 4.02. The number of anilines is 2. The van der Waals surface area contributed by atoms with Crippen LogP contribution in [0.15, 0.2) is 24.3 Å². The molecule has 2 aromatic heterocycles. The number of benzene rings is 1. The number of aryl methyl sites for hydroxylation is 3. The third-order valence-electron chi connectivity index (χ3n) is 3.51. The summed E-state index contributed by atoms with van der Waals surface area (Å²) in [4.78, 5) is 25.3. The van der Waals surface area contributed by atoms with E-state index in [0.29, 0.717) is 37.9 Å². The van der Waals surface area contributed by atoms with Gasteiger partial charge in [0.05, 0.1) is 10.7 Å². The van der Waals surface area contributed by atoms with Crippen molar-refractivity contribution in [3.63, 3.8) is 0 Å². The average Bonchev–Trinajstić information content (AvgIpc) is 2.89. The van der Waals surface area contributed by atoms with Gasteiger partial charge in [-0.05, 0) is 32.4 Å². The van der Waals surface area contributed by atoms with Crippen LogP contribution >= 0.6 is 22.9 Å². The Kier molecular flexibility index (Phi) is 4.69. The van der Waals surface area contributed by atoms with Gasteiger partial charge >= 0.3 is 0 Å².